The van der Waals surface area contributed by atoms with Crippen molar-refractivity contribution in [2.75, 3.05) is 11.9 Å². The van der Waals surface area contributed by atoms with Crippen LogP contribution in [0.15, 0.2) is 22.7 Å². The van der Waals surface area contributed by atoms with Crippen molar-refractivity contribution in [3.05, 3.63) is 28.2 Å². The maximum absolute atomic E-state index is 11.2. The number of carbonyl (C=O) groups is 1. The number of rotatable bonds is 5. The van der Waals surface area contributed by atoms with Crippen LogP contribution in [-0.2, 0) is 0 Å². The zero-order valence-electron chi connectivity index (χ0n) is 10.1. The minimum atomic E-state index is -0.880. The molecule has 0 bridgehead atoms. The van der Waals surface area contributed by atoms with Gasteiger partial charge in [-0.3, -0.25) is 0 Å². The molecule has 2 aliphatic carbocycles. The normalized spacial score (nSPS) is 20.5. The molecule has 0 unspecified atom stereocenters. The van der Waals surface area contributed by atoms with Gasteiger partial charge in [-0.25, -0.2) is 4.79 Å². The van der Waals surface area contributed by atoms with Crippen LogP contribution in [-0.4, -0.2) is 17.6 Å². The van der Waals surface area contributed by atoms with Crippen LogP contribution in [0.4, 0.5) is 5.69 Å². The second-order valence-corrected chi connectivity index (χ2v) is 6.40. The summed E-state index contributed by atoms with van der Waals surface area (Å²) in [6, 6.07) is 5.38. The zero-order chi connectivity index (χ0) is 12.8. The number of aromatic carboxylic acids is 1. The number of carboxylic acids is 1. The van der Waals surface area contributed by atoms with Crippen molar-refractivity contribution in [3.63, 3.8) is 0 Å². The highest BCUT2D eigenvalue weighted by Gasteiger charge is 2.53. The summed E-state index contributed by atoms with van der Waals surface area (Å²) in [6.45, 7) is 0.916. The molecule has 3 nitrogen and oxygen atoms in total. The summed E-state index contributed by atoms with van der Waals surface area (Å²) < 4.78 is 0.800. The molecule has 0 amide bonds. The molecule has 0 aromatic heterocycles. The van der Waals surface area contributed by atoms with Crippen molar-refractivity contribution >= 4 is 27.6 Å². The van der Waals surface area contributed by atoms with Gasteiger partial charge >= 0.3 is 5.97 Å². The lowest BCUT2D eigenvalue weighted by molar-refractivity contribution is 0.0698. The van der Waals surface area contributed by atoms with Crippen molar-refractivity contribution in [1.82, 2.24) is 0 Å². The monoisotopic (exact) mass is 309 g/mol. The Morgan fingerprint density at radius 3 is 2.72 bits per heavy atom. The summed E-state index contributed by atoms with van der Waals surface area (Å²) in [6.07, 6.45) is 5.30. The Hall–Kier alpha value is -1.03. The summed E-state index contributed by atoms with van der Waals surface area (Å²) in [4.78, 5) is 11.2. The van der Waals surface area contributed by atoms with Gasteiger partial charge in [-0.1, -0.05) is 15.9 Å². The predicted molar refractivity (Wildman–Crippen MR) is 74.0 cm³/mol. The average Bonchev–Trinajstić information content (AvgIpc) is 3.19. The lowest BCUT2D eigenvalue weighted by atomic mass is 10.0. The molecule has 18 heavy (non-hydrogen) atoms. The third-order valence-corrected chi connectivity index (χ3v) is 4.67. The highest BCUT2D eigenvalue weighted by atomic mass is 79.9. The lowest BCUT2D eigenvalue weighted by Gasteiger charge is -2.17. The number of anilines is 1. The van der Waals surface area contributed by atoms with Crippen LogP contribution in [0, 0.1) is 11.3 Å². The molecule has 0 heterocycles. The van der Waals surface area contributed by atoms with Crippen LogP contribution in [0.1, 0.15) is 36.0 Å². The van der Waals surface area contributed by atoms with Crippen LogP contribution >= 0.6 is 15.9 Å². The summed E-state index contributed by atoms with van der Waals surface area (Å²) in [5.41, 5.74) is 1.55. The van der Waals surface area contributed by atoms with Crippen molar-refractivity contribution in [2.45, 2.75) is 25.7 Å². The molecule has 96 valence electrons. The van der Waals surface area contributed by atoms with E-state index in [4.69, 9.17) is 0 Å². The van der Waals surface area contributed by atoms with Crippen molar-refractivity contribution in [1.29, 1.82) is 0 Å². The number of carboxylic acid groups (broad SMARTS) is 1. The molecule has 2 aliphatic rings. The van der Waals surface area contributed by atoms with E-state index < -0.39 is 5.97 Å². The average molecular weight is 310 g/mol. The molecule has 1 aromatic carbocycles. The summed E-state index contributed by atoms with van der Waals surface area (Å²) in [5, 5.41) is 12.5. The van der Waals surface area contributed by atoms with Crippen molar-refractivity contribution in [2.24, 2.45) is 11.3 Å². The van der Waals surface area contributed by atoms with E-state index in [9.17, 15) is 9.90 Å². The van der Waals surface area contributed by atoms with Crippen LogP contribution in [0.3, 0.4) is 0 Å². The molecule has 2 fully saturated rings. The molecule has 0 saturated heterocycles. The Morgan fingerprint density at radius 1 is 1.44 bits per heavy atom. The largest absolute Gasteiger partial charge is 0.478 e. The fourth-order valence-electron chi connectivity index (χ4n) is 2.70. The quantitative estimate of drug-likeness (QED) is 0.871. The molecule has 0 spiro atoms. The van der Waals surface area contributed by atoms with E-state index in [1.165, 1.54) is 25.7 Å². The molecular weight excluding hydrogens is 294 g/mol. The Bertz CT molecular complexity index is 493. The summed E-state index contributed by atoms with van der Waals surface area (Å²) >= 11 is 3.31. The minimum absolute atomic E-state index is 0.343. The first-order valence-electron chi connectivity index (χ1n) is 6.37. The number of benzene rings is 1. The van der Waals surface area contributed by atoms with Crippen molar-refractivity contribution < 1.29 is 9.90 Å². The second kappa shape index (κ2) is 4.26. The fourth-order valence-corrected chi connectivity index (χ4v) is 3.07. The predicted octanol–water partition coefficient (Wildman–Crippen LogP) is 3.75. The molecule has 3 rings (SSSR count). The molecule has 0 aliphatic heterocycles. The number of hydrogen-bond acceptors (Lipinski definition) is 2. The van der Waals surface area contributed by atoms with Gasteiger partial charge in [-0.2, -0.15) is 0 Å². The molecule has 0 atom stereocenters. The number of halogens is 1. The van der Waals surface area contributed by atoms with Gasteiger partial charge in [0.15, 0.2) is 0 Å². The van der Waals surface area contributed by atoms with E-state index in [1.54, 1.807) is 6.07 Å². The summed E-state index contributed by atoms with van der Waals surface area (Å²) in [7, 11) is 0. The molecule has 2 saturated carbocycles. The Balaban J connectivity index is 1.74. The van der Waals surface area contributed by atoms with E-state index in [1.807, 2.05) is 12.1 Å². The molecule has 4 heteroatoms. The van der Waals surface area contributed by atoms with Gasteiger partial charge in [0.2, 0.25) is 0 Å². The Morgan fingerprint density at radius 2 is 2.17 bits per heavy atom. The lowest BCUT2D eigenvalue weighted by Crippen LogP contribution is -2.18. The third-order valence-electron chi connectivity index (χ3n) is 4.18. The van der Waals surface area contributed by atoms with E-state index in [0.717, 1.165) is 22.6 Å². The molecule has 1 aromatic rings. The number of nitrogens with one attached hydrogen (secondary N) is 1. The topological polar surface area (TPSA) is 49.3 Å². The van der Waals surface area contributed by atoms with Gasteiger partial charge in [-0.15, -0.1) is 0 Å². The van der Waals surface area contributed by atoms with Gasteiger partial charge in [0.05, 0.1) is 5.56 Å². The van der Waals surface area contributed by atoms with Crippen LogP contribution in [0.2, 0.25) is 0 Å². The van der Waals surface area contributed by atoms with E-state index in [0.29, 0.717) is 11.0 Å². The molecule has 2 N–H and O–H groups in total. The molecule has 0 radical (unpaired) electrons. The fraction of sp³-hybridized carbons (Fsp3) is 0.500. The Kier molecular flexibility index (Phi) is 2.85. The SMILES string of the molecule is O=C(O)c1cc(Br)ccc1NCC1(C2CC2)CC1. The highest BCUT2D eigenvalue weighted by Crippen LogP contribution is 2.61. The van der Waals surface area contributed by atoms with Crippen LogP contribution in [0.25, 0.3) is 0 Å². The van der Waals surface area contributed by atoms with Crippen molar-refractivity contribution in [3.8, 4) is 0 Å². The summed E-state index contributed by atoms with van der Waals surface area (Å²) in [5.74, 6) is 0.00351. The second-order valence-electron chi connectivity index (χ2n) is 5.49. The van der Waals surface area contributed by atoms with Gasteiger partial charge < -0.3 is 10.4 Å². The van der Waals surface area contributed by atoms with Gasteiger partial charge in [0, 0.05) is 16.7 Å². The van der Waals surface area contributed by atoms with E-state index in [2.05, 4.69) is 21.2 Å². The van der Waals surface area contributed by atoms with Gasteiger partial charge in [0.25, 0.3) is 0 Å². The van der Waals surface area contributed by atoms with Crippen LogP contribution in [0.5, 0.6) is 0 Å². The maximum Gasteiger partial charge on any atom is 0.337 e. The van der Waals surface area contributed by atoms with Crippen LogP contribution < -0.4 is 5.32 Å². The third kappa shape index (κ3) is 2.26. The first kappa shape index (κ1) is 12.0. The van der Waals surface area contributed by atoms with E-state index >= 15 is 0 Å². The zero-order valence-corrected chi connectivity index (χ0v) is 11.7. The van der Waals surface area contributed by atoms with Gasteiger partial charge in [-0.05, 0) is 55.2 Å². The van der Waals surface area contributed by atoms with Gasteiger partial charge in [0.1, 0.15) is 0 Å². The minimum Gasteiger partial charge on any atom is -0.478 e. The standard InChI is InChI=1S/C14H16BrNO2/c15-10-3-4-12(11(7-10)13(17)18)16-8-14(5-6-14)9-1-2-9/h3-4,7,9,16H,1-2,5-6,8H2,(H,17,18). The van der Waals surface area contributed by atoms with E-state index in [-0.39, 0.29) is 0 Å². The first-order valence-corrected chi connectivity index (χ1v) is 7.17. The first-order chi connectivity index (χ1) is 8.61. The highest BCUT2D eigenvalue weighted by molar-refractivity contribution is 9.10. The molecular formula is C14H16BrNO2. The number of hydrogen-bond donors (Lipinski definition) is 2. The smallest absolute Gasteiger partial charge is 0.337 e. The maximum atomic E-state index is 11.2. The Labute approximate surface area is 115 Å².